The van der Waals surface area contributed by atoms with E-state index in [1.54, 1.807) is 144 Å². The van der Waals surface area contributed by atoms with E-state index in [9.17, 15) is 0 Å². The number of hydrogen-bond donors (Lipinski definition) is 0. The van der Waals surface area contributed by atoms with Crippen molar-refractivity contribution in [3.8, 4) is 44.5 Å². The van der Waals surface area contributed by atoms with Gasteiger partial charge in [-0.15, -0.1) is 0 Å². The molecular formula is C140H190Cl2Li2Si4Zr+2. The third kappa shape index (κ3) is 23.7. The van der Waals surface area contributed by atoms with Gasteiger partial charge >= 0.3 is 75.6 Å². The molecule has 149 heavy (non-hydrogen) atoms. The molecule has 10 fully saturated rings. The molecular weight excluding hydrogens is 1970 g/mol. The van der Waals surface area contributed by atoms with Crippen LogP contribution in [-0.4, -0.2) is 32.3 Å². The average Bonchev–Trinajstić information content (AvgIpc) is 1.58. The fourth-order valence-electron chi connectivity index (χ4n) is 37.1. The number of halogens is 2. The molecule has 0 spiro atoms. The Morgan fingerprint density at radius 1 is 0.309 bits per heavy atom. The van der Waals surface area contributed by atoms with Crippen molar-refractivity contribution in [2.45, 2.75) is 383 Å². The van der Waals surface area contributed by atoms with Crippen molar-refractivity contribution in [1.29, 1.82) is 0 Å². The van der Waals surface area contributed by atoms with Gasteiger partial charge in [0.1, 0.15) is 0 Å². The van der Waals surface area contributed by atoms with Gasteiger partial charge in [-0.05, 0) is 395 Å². The molecule has 10 saturated carbocycles. The molecule has 26 unspecified atom stereocenters. The molecule has 15 aliphatic carbocycles. The van der Waals surface area contributed by atoms with E-state index in [1.165, 1.54) is 197 Å². The number of fused-ring (bicyclic) bond motifs is 11. The first kappa shape index (κ1) is 117. The van der Waals surface area contributed by atoms with Crippen LogP contribution in [0.3, 0.4) is 0 Å². The molecule has 26 atom stereocenters. The Morgan fingerprint density at radius 2 is 0.678 bits per heavy atom. The van der Waals surface area contributed by atoms with Gasteiger partial charge in [0.05, 0.1) is 32.3 Å². The Kier molecular flexibility index (Phi) is 40.1. The molecule has 0 heterocycles. The zero-order chi connectivity index (χ0) is 101. The van der Waals surface area contributed by atoms with Gasteiger partial charge in [0.2, 0.25) is 0 Å². The molecule has 0 aromatic heterocycles. The van der Waals surface area contributed by atoms with E-state index in [-0.39, 0.29) is 52.6 Å². The summed E-state index contributed by atoms with van der Waals surface area (Å²) in [5.74, 6) is 19.3. The summed E-state index contributed by atoms with van der Waals surface area (Å²) in [6, 6.07) is 78.8. The van der Waals surface area contributed by atoms with E-state index in [4.69, 9.17) is 17.0 Å². The quantitative estimate of drug-likeness (QED) is 0.0442. The van der Waals surface area contributed by atoms with Crippen molar-refractivity contribution >= 4 is 66.5 Å². The minimum Gasteiger partial charge on any atom is 1.00 e. The third-order valence-corrected chi connectivity index (χ3v) is 60.9. The van der Waals surface area contributed by atoms with Crippen molar-refractivity contribution in [1.82, 2.24) is 0 Å². The van der Waals surface area contributed by atoms with E-state index in [0.717, 1.165) is 140 Å². The van der Waals surface area contributed by atoms with Gasteiger partial charge in [0.15, 0.2) is 0 Å². The second-order valence-corrected chi connectivity index (χ2v) is 77.9. The molecule has 9 aromatic carbocycles. The molecule has 0 nitrogen and oxygen atoms in total. The maximum absolute atomic E-state index is 4.93. The van der Waals surface area contributed by atoms with E-state index in [2.05, 4.69) is 345 Å². The maximum atomic E-state index is 4.93. The first-order chi connectivity index (χ1) is 70.2. The zero-order valence-electron chi connectivity index (χ0n) is 96.8. The van der Waals surface area contributed by atoms with E-state index < -0.39 is 53.1 Å². The smallest absolute Gasteiger partial charge is 1.00 e. The van der Waals surface area contributed by atoms with Crippen molar-refractivity contribution in [3.63, 3.8) is 0 Å². The van der Waals surface area contributed by atoms with Crippen molar-refractivity contribution in [2.75, 3.05) is 0 Å². The largest absolute Gasteiger partial charge is 1.00 e. The number of benzene rings is 9. The van der Waals surface area contributed by atoms with Crippen LogP contribution in [0.5, 0.6) is 0 Å². The minimum atomic E-state index is -1.85. The SMILES string of the molecule is CC(C)C1CC([Si](C)(C)C2CCC3C(c4ccccc4-c4ccccc4)CCCC32)C2CC3CCCC3CC12.CCCC(C)C1=CC([Si](C)(C)C)c2cc3c(cc21)CCC3.CCCC(C)C1=CC([Si](C)(C)C2C=Cc3c(-c4ccccc4-c4ccccc4)cccc32)c2cc3c(cc21)CCC3.CCCC(C)C1CC([Si](C)(C)C2CCC3C(c4ccccc4-c4ccccc4)CCCC32)C2CC3CCCC3CC12.[CH3-].[CH3-].[Cl][Zr+2][Cl].[Li+].[Li+]. The number of rotatable bonds is 23. The van der Waals surface area contributed by atoms with Gasteiger partial charge < -0.3 is 14.9 Å². The second kappa shape index (κ2) is 50.9. The molecule has 784 valence electrons. The van der Waals surface area contributed by atoms with Gasteiger partial charge in [-0.25, -0.2) is 0 Å². The van der Waals surface area contributed by atoms with Gasteiger partial charge in [0.25, 0.3) is 0 Å². The Bertz CT molecular complexity index is 6000. The zero-order valence-corrected chi connectivity index (χ0v) is 105. The topological polar surface area (TPSA) is 0 Å². The minimum absolute atomic E-state index is 0. The molecule has 0 aliphatic heterocycles. The van der Waals surface area contributed by atoms with Crippen LogP contribution in [0.2, 0.25) is 81.1 Å². The van der Waals surface area contributed by atoms with Crippen molar-refractivity contribution < 1.29 is 58.6 Å². The van der Waals surface area contributed by atoms with Gasteiger partial charge in [-0.2, -0.15) is 0 Å². The second-order valence-electron chi connectivity index (χ2n) is 53.7. The summed E-state index contributed by atoms with van der Waals surface area (Å²) in [7, 11) is 4.02. The summed E-state index contributed by atoms with van der Waals surface area (Å²) in [6.07, 6.45) is 60.0. The van der Waals surface area contributed by atoms with E-state index in [1.807, 2.05) is 0 Å². The summed E-state index contributed by atoms with van der Waals surface area (Å²) >= 11 is -0.826. The molecule has 0 N–H and O–H groups in total. The Balaban J connectivity index is 0.000000142. The third-order valence-electron chi connectivity index (χ3n) is 43.9. The van der Waals surface area contributed by atoms with Crippen LogP contribution < -0.4 is 37.7 Å². The number of aryl methyl sites for hydroxylation is 4. The molecule has 0 amide bonds. The van der Waals surface area contributed by atoms with Crippen LogP contribution >= 0.6 is 17.0 Å². The average molecular weight is 2160 g/mol. The predicted molar refractivity (Wildman–Crippen MR) is 650 cm³/mol. The maximum Gasteiger partial charge on any atom is 1.00 e. The monoisotopic (exact) mass is 2160 g/mol. The van der Waals surface area contributed by atoms with E-state index in [0.29, 0.717) is 17.0 Å². The molecule has 9 aromatic rings. The molecule has 24 rings (SSSR count). The Labute approximate surface area is 956 Å². The summed E-state index contributed by atoms with van der Waals surface area (Å²) in [6.45, 7) is 44.3. The summed E-state index contributed by atoms with van der Waals surface area (Å²) in [4.78, 5) is 0. The first-order valence-electron chi connectivity index (χ1n) is 60.2. The Hall–Kier alpha value is -4.27. The van der Waals surface area contributed by atoms with Gasteiger partial charge in [-0.1, -0.05) is 448 Å². The fraction of sp³-hybridized carbons (Fsp3) is 0.557. The standard InChI is InChI=1S/C40H58Si.C40H42Si.C38H54Si.C20H30Si.2CH3.2ClH.2Li.Zr/c2*1-5-13-27(2)36-26-40(38-25-30-17-11-16-29(30)24-37(36)38)41(3,4)39-23-22-34-33(20-12-21-35(34)39)32-19-10-9-18-31(32)28-14-7-6-8-15-28;1-25(2)34-24-38(36-23-28-15-10-14-27(28)22-35(34)36)39(3,4)37-21-20-32-31(18-11-19-33(32)37)30-17-9-8-16-29(30)26-12-6-5-7-13-26;1-6-8-14(2)17-13-20(21(3,4)5)19-12-16-10-7-9-15(16)11-18(17)19;;;;;;;/h6-10,14-15,18-19,27,29-30,33-40H,5,11-13,16-17,20-26H2,1-4H3;6-10,12,14-15,18-27,39-40H,5,11,13,16-17H2,1-4H3;5-9,12-13,16-17,25,27-28,31-38H,10-11,14-15,18-24H2,1-4H3;11-14,20H,6-10H2,1-5H3;2*1H3;2*1H;;;/q;;;;2*-1;;;2*+1;+4/p-2. The fourth-order valence-corrected chi connectivity index (χ4v) is 53.3. The van der Waals surface area contributed by atoms with E-state index >= 15 is 0 Å². The molecule has 9 heteroatoms. The van der Waals surface area contributed by atoms with Crippen LogP contribution in [0.15, 0.2) is 224 Å². The van der Waals surface area contributed by atoms with Gasteiger partial charge in [-0.3, -0.25) is 0 Å². The molecule has 15 aliphatic rings. The van der Waals surface area contributed by atoms with Gasteiger partial charge in [0, 0.05) is 0 Å². The van der Waals surface area contributed by atoms with Crippen LogP contribution in [0.25, 0.3) is 61.7 Å². The predicted octanol–water partition coefficient (Wildman–Crippen LogP) is 36.5. The Morgan fingerprint density at radius 3 is 1.12 bits per heavy atom. The van der Waals surface area contributed by atoms with Crippen LogP contribution in [0.4, 0.5) is 0 Å². The number of allylic oxidation sites excluding steroid dienone is 5. The summed E-state index contributed by atoms with van der Waals surface area (Å²) in [5.41, 5.74) is 39.9. The number of hydrogen-bond acceptors (Lipinski definition) is 0. The normalized spacial score (nSPS) is 29.8. The first-order valence-corrected chi connectivity index (χ1v) is 79.5. The van der Waals surface area contributed by atoms with Crippen molar-refractivity contribution in [3.05, 3.63) is 306 Å². The van der Waals surface area contributed by atoms with Crippen LogP contribution in [0, 0.1) is 121 Å². The van der Waals surface area contributed by atoms with Crippen molar-refractivity contribution in [2.24, 2.45) is 107 Å². The summed E-state index contributed by atoms with van der Waals surface area (Å²) < 4.78 is 0. The molecule has 0 bridgehead atoms. The van der Waals surface area contributed by atoms with Crippen LogP contribution in [-0.2, 0) is 46.5 Å². The summed E-state index contributed by atoms with van der Waals surface area (Å²) in [5, 5.41) is 0. The molecule has 0 saturated heterocycles. The van der Waals surface area contributed by atoms with Crippen LogP contribution in [0.1, 0.15) is 343 Å². The molecule has 0 radical (unpaired) electrons.